The van der Waals surface area contributed by atoms with E-state index in [0.717, 1.165) is 23.5 Å². The van der Waals surface area contributed by atoms with Crippen molar-refractivity contribution in [2.45, 2.75) is 25.8 Å². The molecule has 4 heteroatoms. The third-order valence-corrected chi connectivity index (χ3v) is 3.51. The molecule has 0 fully saturated rings. The van der Waals surface area contributed by atoms with Crippen LogP contribution in [0.2, 0.25) is 0 Å². The molecule has 3 N–H and O–H groups in total. The van der Waals surface area contributed by atoms with Crippen molar-refractivity contribution in [2.24, 2.45) is 5.84 Å². The zero-order valence-electron chi connectivity index (χ0n) is 9.89. The summed E-state index contributed by atoms with van der Waals surface area (Å²) in [6, 6.07) is 10.6. The van der Waals surface area contributed by atoms with Crippen LogP contribution >= 0.6 is 11.3 Å². The Kier molecular flexibility index (Phi) is 4.25. The van der Waals surface area contributed by atoms with E-state index in [1.165, 1.54) is 5.56 Å². The Morgan fingerprint density at radius 1 is 1.29 bits per heavy atom. The normalized spacial score (nSPS) is 12.6. The van der Waals surface area contributed by atoms with E-state index in [2.05, 4.69) is 40.1 Å². The lowest BCUT2D eigenvalue weighted by Gasteiger charge is -2.14. The van der Waals surface area contributed by atoms with Gasteiger partial charge in [-0.1, -0.05) is 30.3 Å². The lowest BCUT2D eigenvalue weighted by atomic mass is 10.0. The highest BCUT2D eigenvalue weighted by molar-refractivity contribution is 7.09. The second kappa shape index (κ2) is 5.91. The monoisotopic (exact) mass is 247 g/mol. The summed E-state index contributed by atoms with van der Waals surface area (Å²) in [5, 5.41) is 3.21. The average molecular weight is 247 g/mol. The van der Waals surface area contributed by atoms with Gasteiger partial charge in [-0.3, -0.25) is 11.3 Å². The number of aromatic nitrogens is 1. The van der Waals surface area contributed by atoms with Crippen LogP contribution < -0.4 is 11.3 Å². The summed E-state index contributed by atoms with van der Waals surface area (Å²) in [6.45, 7) is 2.02. The van der Waals surface area contributed by atoms with Gasteiger partial charge < -0.3 is 0 Å². The molecule has 0 aliphatic rings. The topological polar surface area (TPSA) is 50.9 Å². The van der Waals surface area contributed by atoms with Crippen LogP contribution in [0.3, 0.4) is 0 Å². The van der Waals surface area contributed by atoms with Crippen molar-refractivity contribution >= 4 is 11.3 Å². The molecule has 0 spiro atoms. The summed E-state index contributed by atoms with van der Waals surface area (Å²) in [5.74, 6) is 5.60. The number of nitrogens with two attached hydrogens (primary N) is 1. The molecule has 90 valence electrons. The van der Waals surface area contributed by atoms with E-state index in [-0.39, 0.29) is 6.04 Å². The van der Waals surface area contributed by atoms with Crippen LogP contribution in [0.4, 0.5) is 0 Å². The Morgan fingerprint density at radius 2 is 2.06 bits per heavy atom. The third-order valence-electron chi connectivity index (χ3n) is 2.68. The van der Waals surface area contributed by atoms with Crippen molar-refractivity contribution in [3.63, 3.8) is 0 Å². The first kappa shape index (κ1) is 12.2. The zero-order valence-corrected chi connectivity index (χ0v) is 10.7. The van der Waals surface area contributed by atoms with E-state index < -0.39 is 0 Å². The second-order valence-corrected chi connectivity index (χ2v) is 5.18. The van der Waals surface area contributed by atoms with Gasteiger partial charge in [0.1, 0.15) is 0 Å². The quantitative estimate of drug-likeness (QED) is 0.628. The number of benzene rings is 1. The average Bonchev–Trinajstić information content (AvgIpc) is 2.75. The summed E-state index contributed by atoms with van der Waals surface area (Å²) in [6.07, 6.45) is 1.80. The van der Waals surface area contributed by atoms with Gasteiger partial charge in [-0.25, -0.2) is 4.98 Å². The molecule has 1 unspecified atom stereocenters. The maximum Gasteiger partial charge on any atom is 0.0897 e. The Bertz CT molecular complexity index is 453. The number of nitrogens with one attached hydrogen (secondary N) is 1. The molecule has 0 bridgehead atoms. The number of thiazole rings is 1. The zero-order chi connectivity index (χ0) is 12.1. The number of rotatable bonds is 5. The second-order valence-electron chi connectivity index (χ2n) is 4.12. The maximum atomic E-state index is 5.60. The van der Waals surface area contributed by atoms with Gasteiger partial charge in [0.25, 0.3) is 0 Å². The first-order valence-corrected chi connectivity index (χ1v) is 6.57. The molecule has 1 atom stereocenters. The van der Waals surface area contributed by atoms with E-state index in [4.69, 9.17) is 5.84 Å². The van der Waals surface area contributed by atoms with Crippen LogP contribution in [-0.2, 0) is 12.8 Å². The summed E-state index contributed by atoms with van der Waals surface area (Å²) in [7, 11) is 0. The molecular weight excluding hydrogens is 230 g/mol. The highest BCUT2D eigenvalue weighted by Crippen LogP contribution is 2.12. The van der Waals surface area contributed by atoms with Crippen LogP contribution in [0.25, 0.3) is 0 Å². The lowest BCUT2D eigenvalue weighted by molar-refractivity contribution is 0.518. The van der Waals surface area contributed by atoms with Gasteiger partial charge in [0, 0.05) is 17.8 Å². The van der Waals surface area contributed by atoms with Crippen molar-refractivity contribution in [3.8, 4) is 0 Å². The van der Waals surface area contributed by atoms with E-state index in [9.17, 15) is 0 Å². The summed E-state index contributed by atoms with van der Waals surface area (Å²) in [4.78, 5) is 4.46. The van der Waals surface area contributed by atoms with Crippen LogP contribution in [0.15, 0.2) is 35.7 Å². The fourth-order valence-corrected chi connectivity index (χ4v) is 2.47. The van der Waals surface area contributed by atoms with E-state index in [1.54, 1.807) is 11.3 Å². The number of hydrogen-bond donors (Lipinski definition) is 2. The molecule has 0 saturated heterocycles. The summed E-state index contributed by atoms with van der Waals surface area (Å²) >= 11 is 1.68. The van der Waals surface area contributed by atoms with Crippen molar-refractivity contribution in [3.05, 3.63) is 52.0 Å². The SMILES string of the molecule is Cc1nc(CC(Cc2ccccc2)NN)cs1. The minimum absolute atomic E-state index is 0.235. The van der Waals surface area contributed by atoms with Gasteiger partial charge in [-0.15, -0.1) is 11.3 Å². The van der Waals surface area contributed by atoms with Gasteiger partial charge in [0.15, 0.2) is 0 Å². The van der Waals surface area contributed by atoms with Gasteiger partial charge in [-0.2, -0.15) is 0 Å². The highest BCUT2D eigenvalue weighted by Gasteiger charge is 2.10. The first-order valence-electron chi connectivity index (χ1n) is 5.69. The fourth-order valence-electron chi connectivity index (χ4n) is 1.84. The molecule has 3 nitrogen and oxygen atoms in total. The van der Waals surface area contributed by atoms with Gasteiger partial charge in [0.05, 0.1) is 10.7 Å². The predicted octanol–water partition coefficient (Wildman–Crippen LogP) is 2.07. The van der Waals surface area contributed by atoms with Crippen molar-refractivity contribution in [1.82, 2.24) is 10.4 Å². The standard InChI is InChI=1S/C13H17N3S/c1-10-15-13(9-17-10)8-12(16-14)7-11-5-3-2-4-6-11/h2-6,9,12,16H,7-8,14H2,1H3. The lowest BCUT2D eigenvalue weighted by Crippen LogP contribution is -2.38. The van der Waals surface area contributed by atoms with Gasteiger partial charge in [0.2, 0.25) is 0 Å². The molecular formula is C13H17N3S. The molecule has 1 aromatic carbocycles. The predicted molar refractivity (Wildman–Crippen MR) is 71.8 cm³/mol. The van der Waals surface area contributed by atoms with Crippen molar-refractivity contribution in [1.29, 1.82) is 0 Å². The molecule has 2 rings (SSSR count). The highest BCUT2D eigenvalue weighted by atomic mass is 32.1. The van der Waals surface area contributed by atoms with Gasteiger partial charge >= 0.3 is 0 Å². The Hall–Kier alpha value is -1.23. The Morgan fingerprint density at radius 3 is 2.65 bits per heavy atom. The first-order chi connectivity index (χ1) is 8.28. The van der Waals surface area contributed by atoms with Crippen LogP contribution in [0, 0.1) is 6.92 Å². The van der Waals surface area contributed by atoms with E-state index >= 15 is 0 Å². The number of nitrogens with zero attached hydrogens (tertiary/aromatic N) is 1. The van der Waals surface area contributed by atoms with Crippen LogP contribution in [0.5, 0.6) is 0 Å². The molecule has 2 aromatic rings. The van der Waals surface area contributed by atoms with E-state index in [0.29, 0.717) is 0 Å². The summed E-state index contributed by atoms with van der Waals surface area (Å²) < 4.78 is 0. The molecule has 0 aliphatic carbocycles. The van der Waals surface area contributed by atoms with Crippen LogP contribution in [0.1, 0.15) is 16.3 Å². The molecule has 0 aliphatic heterocycles. The largest absolute Gasteiger partial charge is 0.271 e. The Balaban J connectivity index is 1.98. The van der Waals surface area contributed by atoms with Crippen LogP contribution in [-0.4, -0.2) is 11.0 Å². The smallest absolute Gasteiger partial charge is 0.0897 e. The van der Waals surface area contributed by atoms with E-state index in [1.807, 2.05) is 13.0 Å². The molecule has 17 heavy (non-hydrogen) atoms. The fraction of sp³-hybridized carbons (Fsp3) is 0.308. The molecule has 1 heterocycles. The summed E-state index contributed by atoms with van der Waals surface area (Å²) in [5.41, 5.74) is 5.28. The van der Waals surface area contributed by atoms with Gasteiger partial charge in [-0.05, 0) is 18.9 Å². The minimum atomic E-state index is 0.235. The number of hydrogen-bond acceptors (Lipinski definition) is 4. The molecule has 0 radical (unpaired) electrons. The van der Waals surface area contributed by atoms with Crippen molar-refractivity contribution < 1.29 is 0 Å². The van der Waals surface area contributed by atoms with Crippen molar-refractivity contribution in [2.75, 3.05) is 0 Å². The third kappa shape index (κ3) is 3.63. The molecule has 0 saturated carbocycles. The number of aryl methyl sites for hydroxylation is 1. The molecule has 0 amide bonds. The Labute approximate surface area is 106 Å². The number of hydrazine groups is 1. The maximum absolute atomic E-state index is 5.60. The minimum Gasteiger partial charge on any atom is -0.271 e. The molecule has 1 aromatic heterocycles.